The summed E-state index contributed by atoms with van der Waals surface area (Å²) in [6.45, 7) is 3.80. The molecule has 0 aliphatic rings. The topological polar surface area (TPSA) is 81.5 Å². The van der Waals surface area contributed by atoms with Gasteiger partial charge in [-0.25, -0.2) is 9.78 Å². The van der Waals surface area contributed by atoms with Gasteiger partial charge in [-0.1, -0.05) is 41.7 Å². The van der Waals surface area contributed by atoms with Crippen molar-refractivity contribution in [1.82, 2.24) is 9.55 Å². The van der Waals surface area contributed by atoms with E-state index in [0.717, 1.165) is 16.9 Å². The number of esters is 1. The molecule has 0 fully saturated rings. The molecule has 156 valence electrons. The Bertz CT molecular complexity index is 1110. The van der Waals surface area contributed by atoms with Crippen LogP contribution in [-0.4, -0.2) is 28.0 Å². The summed E-state index contributed by atoms with van der Waals surface area (Å²) >= 11 is 4.42. The zero-order valence-corrected chi connectivity index (χ0v) is 18.9. The lowest BCUT2D eigenvalue weighted by molar-refractivity contribution is -0.119. The molecular formula is C21H20BrN3O4S. The number of aromatic nitrogens is 2. The van der Waals surface area contributed by atoms with Crippen LogP contribution in [0.5, 0.6) is 0 Å². The highest BCUT2D eigenvalue weighted by molar-refractivity contribution is 9.10. The average Bonchev–Trinajstić information content (AvgIpc) is 3.11. The molecule has 2 heterocycles. The Balaban J connectivity index is 1.95. The SMILES string of the molecule is CCOC(=O)c1sc(N(Cc2ccccc2)C(=O)Cn2cc(Br)ccc2=O)nc1C. The Kier molecular flexibility index (Phi) is 7.17. The van der Waals surface area contributed by atoms with Crippen molar-refractivity contribution in [3.05, 3.63) is 79.6 Å². The first-order valence-electron chi connectivity index (χ1n) is 9.24. The Hall–Kier alpha value is -2.78. The van der Waals surface area contributed by atoms with E-state index in [0.29, 0.717) is 20.2 Å². The summed E-state index contributed by atoms with van der Waals surface area (Å²) in [5, 5.41) is 0.382. The van der Waals surface area contributed by atoms with Gasteiger partial charge >= 0.3 is 5.97 Å². The summed E-state index contributed by atoms with van der Waals surface area (Å²) in [6.07, 6.45) is 1.57. The van der Waals surface area contributed by atoms with Gasteiger partial charge in [0, 0.05) is 16.7 Å². The van der Waals surface area contributed by atoms with Gasteiger partial charge in [0.25, 0.3) is 5.56 Å². The maximum atomic E-state index is 13.2. The molecule has 1 aromatic carbocycles. The third kappa shape index (κ3) is 5.22. The van der Waals surface area contributed by atoms with E-state index in [1.807, 2.05) is 30.3 Å². The number of nitrogens with zero attached hydrogens (tertiary/aromatic N) is 3. The number of ether oxygens (including phenoxy) is 1. The molecule has 0 aliphatic heterocycles. The van der Waals surface area contributed by atoms with Crippen molar-refractivity contribution in [2.24, 2.45) is 0 Å². The van der Waals surface area contributed by atoms with Crippen molar-refractivity contribution < 1.29 is 14.3 Å². The minimum Gasteiger partial charge on any atom is -0.462 e. The minimum atomic E-state index is -0.464. The van der Waals surface area contributed by atoms with Gasteiger partial charge < -0.3 is 9.30 Å². The third-order valence-electron chi connectivity index (χ3n) is 4.21. The first-order chi connectivity index (χ1) is 14.4. The second kappa shape index (κ2) is 9.82. The lowest BCUT2D eigenvalue weighted by atomic mass is 10.2. The van der Waals surface area contributed by atoms with Crippen LogP contribution >= 0.6 is 27.3 Å². The summed E-state index contributed by atoms with van der Waals surface area (Å²) in [5.41, 5.74) is 1.12. The summed E-state index contributed by atoms with van der Waals surface area (Å²) in [7, 11) is 0. The molecule has 3 rings (SSSR count). The Morgan fingerprint density at radius 2 is 1.93 bits per heavy atom. The predicted octanol–water partition coefficient (Wildman–Crippen LogP) is 3.79. The molecule has 0 bridgehead atoms. The van der Waals surface area contributed by atoms with Gasteiger partial charge in [-0.3, -0.25) is 14.5 Å². The molecule has 0 saturated heterocycles. The molecule has 2 aromatic heterocycles. The fourth-order valence-corrected chi connectivity index (χ4v) is 4.13. The molecule has 0 N–H and O–H groups in total. The molecule has 1 amide bonds. The predicted molar refractivity (Wildman–Crippen MR) is 119 cm³/mol. The van der Waals surface area contributed by atoms with Crippen LogP contribution in [0.3, 0.4) is 0 Å². The number of thiazole rings is 1. The zero-order chi connectivity index (χ0) is 21.7. The third-order valence-corrected chi connectivity index (χ3v) is 5.84. The van der Waals surface area contributed by atoms with Crippen molar-refractivity contribution in [2.45, 2.75) is 26.9 Å². The number of amides is 1. The molecule has 0 spiro atoms. The van der Waals surface area contributed by atoms with Crippen molar-refractivity contribution in [2.75, 3.05) is 11.5 Å². The van der Waals surface area contributed by atoms with Gasteiger partial charge in [0.15, 0.2) is 5.13 Å². The van der Waals surface area contributed by atoms with E-state index in [-0.39, 0.29) is 31.2 Å². The number of carbonyl (C=O) groups is 2. The number of hydrogen-bond donors (Lipinski definition) is 0. The number of anilines is 1. The van der Waals surface area contributed by atoms with Gasteiger partial charge in [-0.15, -0.1) is 0 Å². The second-order valence-electron chi connectivity index (χ2n) is 6.41. The first kappa shape index (κ1) is 21.9. The van der Waals surface area contributed by atoms with Crippen LogP contribution in [0.25, 0.3) is 0 Å². The molecule has 30 heavy (non-hydrogen) atoms. The Morgan fingerprint density at radius 3 is 2.63 bits per heavy atom. The number of carbonyl (C=O) groups excluding carboxylic acids is 2. The number of pyridine rings is 1. The van der Waals surface area contributed by atoms with Crippen molar-refractivity contribution in [3.8, 4) is 0 Å². The average molecular weight is 490 g/mol. The summed E-state index contributed by atoms with van der Waals surface area (Å²) < 4.78 is 7.11. The highest BCUT2D eigenvalue weighted by Gasteiger charge is 2.24. The molecule has 0 radical (unpaired) electrons. The normalized spacial score (nSPS) is 10.6. The summed E-state index contributed by atoms with van der Waals surface area (Å²) in [6, 6.07) is 12.5. The largest absolute Gasteiger partial charge is 0.462 e. The van der Waals surface area contributed by atoms with Crippen molar-refractivity contribution >= 4 is 44.3 Å². The van der Waals surface area contributed by atoms with Gasteiger partial charge in [-0.2, -0.15) is 0 Å². The van der Waals surface area contributed by atoms with E-state index in [1.165, 1.54) is 15.5 Å². The number of rotatable bonds is 7. The number of aryl methyl sites for hydroxylation is 1. The van der Waals surface area contributed by atoms with Gasteiger partial charge in [0.1, 0.15) is 11.4 Å². The summed E-state index contributed by atoms with van der Waals surface area (Å²) in [5.74, 6) is -0.780. The van der Waals surface area contributed by atoms with Crippen LogP contribution in [0.4, 0.5) is 5.13 Å². The molecule has 3 aromatic rings. The van der Waals surface area contributed by atoms with Crippen molar-refractivity contribution in [3.63, 3.8) is 0 Å². The van der Waals surface area contributed by atoms with Gasteiger partial charge in [-0.05, 0) is 41.4 Å². The van der Waals surface area contributed by atoms with E-state index in [4.69, 9.17) is 4.74 Å². The van der Waals surface area contributed by atoms with E-state index in [2.05, 4.69) is 20.9 Å². The Labute approximate surface area is 186 Å². The Morgan fingerprint density at radius 1 is 1.20 bits per heavy atom. The molecule has 0 aliphatic carbocycles. The van der Waals surface area contributed by atoms with Crippen LogP contribution in [0.15, 0.2) is 57.9 Å². The van der Waals surface area contributed by atoms with E-state index < -0.39 is 5.97 Å². The van der Waals surface area contributed by atoms with Crippen LogP contribution < -0.4 is 10.5 Å². The number of benzene rings is 1. The van der Waals surface area contributed by atoms with E-state index in [1.54, 1.807) is 26.1 Å². The zero-order valence-electron chi connectivity index (χ0n) is 16.5. The molecule has 9 heteroatoms. The maximum absolute atomic E-state index is 13.2. The molecule has 7 nitrogen and oxygen atoms in total. The van der Waals surface area contributed by atoms with Crippen LogP contribution in [0.2, 0.25) is 0 Å². The minimum absolute atomic E-state index is 0.154. The van der Waals surface area contributed by atoms with E-state index in [9.17, 15) is 14.4 Å². The number of halogens is 1. The first-order valence-corrected chi connectivity index (χ1v) is 10.8. The standard InChI is InChI=1S/C21H20BrN3O4S/c1-3-29-20(28)19-14(2)23-21(30-19)25(11-15-7-5-4-6-8-15)18(27)13-24-12-16(22)9-10-17(24)26/h4-10,12H,3,11,13H2,1-2H3. The van der Waals surface area contributed by atoms with Crippen molar-refractivity contribution in [1.29, 1.82) is 0 Å². The summed E-state index contributed by atoms with van der Waals surface area (Å²) in [4.78, 5) is 43.8. The van der Waals surface area contributed by atoms with Gasteiger partial charge in [0.05, 0.1) is 18.8 Å². The lowest BCUT2D eigenvalue weighted by Crippen LogP contribution is -2.36. The van der Waals surface area contributed by atoms with Crippen LogP contribution in [0.1, 0.15) is 27.9 Å². The quantitative estimate of drug-likeness (QED) is 0.471. The van der Waals surface area contributed by atoms with E-state index >= 15 is 0 Å². The fourth-order valence-electron chi connectivity index (χ4n) is 2.77. The molecule has 0 atom stereocenters. The highest BCUT2D eigenvalue weighted by Crippen LogP contribution is 2.28. The fraction of sp³-hybridized carbons (Fsp3) is 0.238. The molecule has 0 saturated carbocycles. The van der Waals surface area contributed by atoms with Gasteiger partial charge in [0.2, 0.25) is 5.91 Å². The monoisotopic (exact) mass is 489 g/mol. The second-order valence-corrected chi connectivity index (χ2v) is 8.30. The highest BCUT2D eigenvalue weighted by atomic mass is 79.9. The van der Waals surface area contributed by atoms with Crippen LogP contribution in [-0.2, 0) is 22.6 Å². The molecule has 0 unspecified atom stereocenters. The number of hydrogen-bond acceptors (Lipinski definition) is 6. The molecular weight excluding hydrogens is 470 g/mol. The lowest BCUT2D eigenvalue weighted by Gasteiger charge is -2.20. The maximum Gasteiger partial charge on any atom is 0.350 e. The smallest absolute Gasteiger partial charge is 0.350 e. The van der Waals surface area contributed by atoms with Crippen LogP contribution in [0, 0.1) is 6.92 Å².